The van der Waals surface area contributed by atoms with Gasteiger partial charge in [0.05, 0.1) is 6.33 Å². The molecule has 5 aromatic rings. The SMILES string of the molecule is S=c1nc(C(c2ccccc2)(c2ccccc2)c2ccccc2)[nH]c2nc[nH]c12. The van der Waals surface area contributed by atoms with Crippen molar-refractivity contribution >= 4 is 23.4 Å². The predicted octanol–water partition coefficient (Wildman–Crippen LogP) is 5.40. The van der Waals surface area contributed by atoms with E-state index in [1.807, 2.05) is 18.2 Å². The zero-order chi connectivity index (χ0) is 19.7. The van der Waals surface area contributed by atoms with Crippen LogP contribution in [0.5, 0.6) is 0 Å². The zero-order valence-corrected chi connectivity index (χ0v) is 16.4. The molecule has 3 aromatic carbocycles. The fourth-order valence-electron chi connectivity index (χ4n) is 4.00. The van der Waals surface area contributed by atoms with Gasteiger partial charge in [-0.25, -0.2) is 9.97 Å². The quantitative estimate of drug-likeness (QED) is 0.317. The Morgan fingerprint density at radius 2 is 1.17 bits per heavy atom. The van der Waals surface area contributed by atoms with Gasteiger partial charge in [-0.3, -0.25) is 0 Å². The highest BCUT2D eigenvalue weighted by Gasteiger charge is 2.40. The summed E-state index contributed by atoms with van der Waals surface area (Å²) in [7, 11) is 0. The molecular formula is C24H18N4S. The number of imidazole rings is 1. The molecule has 0 saturated carbocycles. The monoisotopic (exact) mass is 394 g/mol. The van der Waals surface area contributed by atoms with E-state index < -0.39 is 5.41 Å². The Balaban J connectivity index is 1.96. The summed E-state index contributed by atoms with van der Waals surface area (Å²) < 4.78 is 0.499. The van der Waals surface area contributed by atoms with Gasteiger partial charge in [-0.2, -0.15) is 0 Å². The Hall–Kier alpha value is -3.57. The van der Waals surface area contributed by atoms with Crippen LogP contribution in [0.25, 0.3) is 11.2 Å². The average Bonchev–Trinajstić information content (AvgIpc) is 3.26. The Bertz CT molecular complexity index is 1210. The number of hydrogen-bond acceptors (Lipinski definition) is 3. The van der Waals surface area contributed by atoms with Gasteiger partial charge in [0.2, 0.25) is 0 Å². The number of nitrogens with one attached hydrogen (secondary N) is 2. The van der Waals surface area contributed by atoms with Crippen molar-refractivity contribution in [3.05, 3.63) is 124 Å². The van der Waals surface area contributed by atoms with Crippen molar-refractivity contribution in [3.8, 4) is 0 Å². The van der Waals surface area contributed by atoms with Gasteiger partial charge in [0, 0.05) is 0 Å². The van der Waals surface area contributed by atoms with E-state index in [-0.39, 0.29) is 0 Å². The molecule has 0 spiro atoms. The first-order valence-corrected chi connectivity index (χ1v) is 9.81. The van der Waals surface area contributed by atoms with E-state index in [0.717, 1.165) is 28.0 Å². The number of fused-ring (bicyclic) bond motifs is 1. The Morgan fingerprint density at radius 1 is 0.690 bits per heavy atom. The lowest BCUT2D eigenvalue weighted by Gasteiger charge is -2.35. The second-order valence-corrected chi connectivity index (χ2v) is 7.25. The standard InChI is InChI=1S/C24H18N4S/c29-22-20-21(26-16-25-20)27-23(28-22)24(17-10-4-1-5-11-17,18-12-6-2-7-13-18)19-14-8-3-9-15-19/h1-16H,(H2,25,26,27,28,29). The summed E-state index contributed by atoms with van der Waals surface area (Å²) in [6, 6.07) is 31.2. The lowest BCUT2D eigenvalue weighted by Crippen LogP contribution is -2.33. The average molecular weight is 395 g/mol. The van der Waals surface area contributed by atoms with Crippen LogP contribution in [-0.2, 0) is 5.41 Å². The number of hydrogen-bond donors (Lipinski definition) is 2. The highest BCUT2D eigenvalue weighted by atomic mass is 32.1. The van der Waals surface area contributed by atoms with E-state index in [1.165, 1.54) is 0 Å². The Morgan fingerprint density at radius 3 is 1.66 bits per heavy atom. The van der Waals surface area contributed by atoms with Crippen LogP contribution in [0, 0.1) is 4.64 Å². The summed E-state index contributed by atoms with van der Waals surface area (Å²) in [4.78, 5) is 15.8. The fraction of sp³-hybridized carbons (Fsp3) is 0.0417. The van der Waals surface area contributed by atoms with Gasteiger partial charge in [0.25, 0.3) is 0 Å². The molecule has 0 amide bonds. The Kier molecular flexibility index (Phi) is 4.30. The second-order valence-electron chi connectivity index (χ2n) is 6.86. The molecular weight excluding hydrogens is 376 g/mol. The predicted molar refractivity (Wildman–Crippen MR) is 117 cm³/mol. The molecule has 5 rings (SSSR count). The molecule has 0 saturated heterocycles. The first-order valence-electron chi connectivity index (χ1n) is 9.40. The van der Waals surface area contributed by atoms with Crippen molar-refractivity contribution in [3.63, 3.8) is 0 Å². The molecule has 2 heterocycles. The van der Waals surface area contributed by atoms with Crippen LogP contribution in [0.2, 0.25) is 0 Å². The van der Waals surface area contributed by atoms with Gasteiger partial charge < -0.3 is 9.97 Å². The Labute approximate surface area is 173 Å². The number of benzene rings is 3. The van der Waals surface area contributed by atoms with Gasteiger partial charge in [-0.15, -0.1) is 0 Å². The topological polar surface area (TPSA) is 57.4 Å². The molecule has 5 heteroatoms. The van der Waals surface area contributed by atoms with Gasteiger partial charge in [-0.1, -0.05) is 103 Å². The molecule has 29 heavy (non-hydrogen) atoms. The molecule has 2 aromatic heterocycles. The highest BCUT2D eigenvalue weighted by Crippen LogP contribution is 2.43. The van der Waals surface area contributed by atoms with Gasteiger partial charge >= 0.3 is 0 Å². The van der Waals surface area contributed by atoms with Crippen LogP contribution in [0.3, 0.4) is 0 Å². The summed E-state index contributed by atoms with van der Waals surface area (Å²) >= 11 is 5.61. The second kappa shape index (κ2) is 7.11. The summed E-state index contributed by atoms with van der Waals surface area (Å²) in [5.74, 6) is 0.741. The molecule has 0 atom stereocenters. The van der Waals surface area contributed by atoms with Gasteiger partial charge in [0.15, 0.2) is 10.3 Å². The third kappa shape index (κ3) is 2.79. The minimum atomic E-state index is -0.662. The van der Waals surface area contributed by atoms with Crippen LogP contribution in [0.1, 0.15) is 22.5 Å². The largest absolute Gasteiger partial charge is 0.341 e. The normalized spacial score (nSPS) is 11.6. The van der Waals surface area contributed by atoms with E-state index >= 15 is 0 Å². The van der Waals surface area contributed by atoms with Crippen molar-refractivity contribution in [2.75, 3.05) is 0 Å². The van der Waals surface area contributed by atoms with Crippen LogP contribution >= 0.6 is 12.2 Å². The minimum absolute atomic E-state index is 0.499. The zero-order valence-electron chi connectivity index (χ0n) is 15.5. The van der Waals surface area contributed by atoms with E-state index in [4.69, 9.17) is 17.2 Å². The minimum Gasteiger partial charge on any atom is -0.341 e. The van der Waals surface area contributed by atoms with Crippen molar-refractivity contribution < 1.29 is 0 Å². The lowest BCUT2D eigenvalue weighted by molar-refractivity contribution is 0.682. The number of nitrogens with zero attached hydrogens (tertiary/aromatic N) is 2. The summed E-state index contributed by atoms with van der Waals surface area (Å²) in [5, 5.41) is 0. The van der Waals surface area contributed by atoms with Crippen molar-refractivity contribution in [2.24, 2.45) is 0 Å². The molecule has 0 aliphatic rings. The van der Waals surface area contributed by atoms with Crippen LogP contribution in [0.4, 0.5) is 0 Å². The summed E-state index contributed by atoms with van der Waals surface area (Å²) in [5.41, 5.74) is 4.09. The first kappa shape index (κ1) is 17.5. The molecule has 0 unspecified atom stereocenters. The lowest BCUT2D eigenvalue weighted by atomic mass is 9.68. The maximum absolute atomic E-state index is 5.61. The molecule has 0 aliphatic carbocycles. The van der Waals surface area contributed by atoms with Crippen LogP contribution < -0.4 is 0 Å². The van der Waals surface area contributed by atoms with Crippen molar-refractivity contribution in [1.82, 2.24) is 19.9 Å². The van der Waals surface area contributed by atoms with Crippen molar-refractivity contribution in [1.29, 1.82) is 0 Å². The van der Waals surface area contributed by atoms with Gasteiger partial charge in [-0.05, 0) is 16.7 Å². The molecule has 0 aliphatic heterocycles. The number of aromatic nitrogens is 4. The smallest absolute Gasteiger partial charge is 0.160 e. The highest BCUT2D eigenvalue weighted by molar-refractivity contribution is 7.71. The van der Waals surface area contributed by atoms with E-state index in [0.29, 0.717) is 10.3 Å². The maximum Gasteiger partial charge on any atom is 0.160 e. The first-order chi connectivity index (χ1) is 14.3. The molecule has 0 radical (unpaired) electrons. The van der Waals surface area contributed by atoms with E-state index in [9.17, 15) is 0 Å². The maximum atomic E-state index is 5.61. The van der Waals surface area contributed by atoms with E-state index in [2.05, 4.69) is 87.7 Å². The fourth-order valence-corrected chi connectivity index (χ4v) is 4.25. The van der Waals surface area contributed by atoms with E-state index in [1.54, 1.807) is 6.33 Å². The number of aromatic amines is 2. The molecule has 0 fully saturated rings. The molecule has 2 N–H and O–H groups in total. The van der Waals surface area contributed by atoms with Crippen LogP contribution in [-0.4, -0.2) is 19.9 Å². The molecule has 0 bridgehead atoms. The molecule has 140 valence electrons. The van der Waals surface area contributed by atoms with Crippen molar-refractivity contribution in [2.45, 2.75) is 5.41 Å². The third-order valence-electron chi connectivity index (χ3n) is 5.28. The summed E-state index contributed by atoms with van der Waals surface area (Å²) in [6.07, 6.45) is 1.64. The van der Waals surface area contributed by atoms with Gasteiger partial charge in [0.1, 0.15) is 16.8 Å². The summed E-state index contributed by atoms with van der Waals surface area (Å²) in [6.45, 7) is 0. The van der Waals surface area contributed by atoms with Crippen LogP contribution in [0.15, 0.2) is 97.3 Å². The molecule has 4 nitrogen and oxygen atoms in total. The number of rotatable bonds is 4. The third-order valence-corrected chi connectivity index (χ3v) is 5.57. The number of H-pyrrole nitrogens is 2.